The second-order valence-corrected chi connectivity index (χ2v) is 16.3. The standard InChI is InChI=1S/C41H56N4O10S/c1-6-23-52-41-37(45(5)56(50,51)31-18-15-29(16-19-31)43-27(4)48)26-35(44-53-8-3)33-24-28(13-9-11-21-46)32(14-10-12-22-47)38(39(33)41)34-25-30(17-20-36(34)55-41)54-40(49)42-7-2/h6,15-20,24-25,28,32,37-39,46-47H,1,7-14,21-23,26H2,2-5H3,(H,42,49)(H,43,48)/t28-,32+,37-,38+,39+,41+/m0/s1. The van der Waals surface area contributed by atoms with E-state index < -0.39 is 33.9 Å². The van der Waals surface area contributed by atoms with Crippen molar-refractivity contribution in [1.82, 2.24) is 9.62 Å². The number of allylic oxidation sites excluding steroid dienone is 1. The third kappa shape index (κ3) is 9.13. The molecule has 14 nitrogen and oxygen atoms in total. The minimum Gasteiger partial charge on any atom is -0.460 e. The summed E-state index contributed by atoms with van der Waals surface area (Å²) >= 11 is 0. The van der Waals surface area contributed by atoms with E-state index in [0.29, 0.717) is 48.7 Å². The number of hydrogen-bond acceptors (Lipinski definition) is 11. The second kappa shape index (κ2) is 19.2. The Morgan fingerprint density at radius 3 is 2.43 bits per heavy atom. The zero-order valence-electron chi connectivity index (χ0n) is 32.7. The van der Waals surface area contributed by atoms with Crippen molar-refractivity contribution in [1.29, 1.82) is 0 Å². The fraction of sp³-hybridized carbons (Fsp3) is 0.537. The Morgan fingerprint density at radius 2 is 1.79 bits per heavy atom. The Balaban J connectivity index is 1.75. The summed E-state index contributed by atoms with van der Waals surface area (Å²) in [5, 5.41) is 29.5. The third-order valence-electron chi connectivity index (χ3n) is 10.8. The smallest absolute Gasteiger partial charge is 0.412 e. The van der Waals surface area contributed by atoms with Gasteiger partial charge in [0, 0.05) is 57.3 Å². The number of oxime groups is 1. The van der Waals surface area contributed by atoms with E-state index in [1.54, 1.807) is 25.1 Å². The first-order valence-electron chi connectivity index (χ1n) is 19.5. The number of rotatable bonds is 19. The van der Waals surface area contributed by atoms with Crippen LogP contribution in [0.3, 0.4) is 0 Å². The molecule has 1 aliphatic heterocycles. The Kier molecular flexibility index (Phi) is 14.7. The number of sulfonamides is 1. The monoisotopic (exact) mass is 796 g/mol. The van der Waals surface area contributed by atoms with Gasteiger partial charge in [-0.2, -0.15) is 4.31 Å². The number of carbonyl (C=O) groups is 2. The van der Waals surface area contributed by atoms with Gasteiger partial charge in [-0.25, -0.2) is 13.2 Å². The minimum atomic E-state index is -4.22. The summed E-state index contributed by atoms with van der Waals surface area (Å²) < 4.78 is 50.1. The molecule has 1 fully saturated rings. The van der Waals surface area contributed by atoms with Crippen LogP contribution in [0.5, 0.6) is 11.5 Å². The molecule has 2 aromatic rings. The molecule has 0 spiro atoms. The number of fused-ring (bicyclic) bond motifs is 2. The van der Waals surface area contributed by atoms with Crippen LogP contribution >= 0.6 is 0 Å². The van der Waals surface area contributed by atoms with Gasteiger partial charge in [0.25, 0.3) is 0 Å². The number of carbonyl (C=O) groups excluding carboxylic acids is 2. The van der Waals surface area contributed by atoms with Crippen molar-refractivity contribution in [2.75, 3.05) is 45.3 Å². The van der Waals surface area contributed by atoms with Crippen LogP contribution in [0.4, 0.5) is 10.5 Å². The maximum atomic E-state index is 14.6. The minimum absolute atomic E-state index is 0.000484. The lowest BCUT2D eigenvalue weighted by Gasteiger charge is -2.59. The van der Waals surface area contributed by atoms with E-state index in [9.17, 15) is 28.2 Å². The first kappa shape index (κ1) is 42.9. The van der Waals surface area contributed by atoms with Crippen molar-refractivity contribution in [3.8, 4) is 11.5 Å². The predicted octanol–water partition coefficient (Wildman–Crippen LogP) is 5.73. The average molecular weight is 797 g/mol. The number of ether oxygens (including phenoxy) is 3. The van der Waals surface area contributed by atoms with Crippen molar-refractivity contribution in [2.24, 2.45) is 22.9 Å². The number of unbranched alkanes of at least 4 members (excludes halogenated alkanes) is 2. The maximum absolute atomic E-state index is 14.6. The molecule has 15 heteroatoms. The van der Waals surface area contributed by atoms with E-state index in [0.717, 1.165) is 30.4 Å². The number of benzene rings is 2. The molecule has 306 valence electrons. The molecule has 0 bridgehead atoms. The van der Waals surface area contributed by atoms with Crippen LogP contribution in [0.2, 0.25) is 0 Å². The summed E-state index contributed by atoms with van der Waals surface area (Å²) in [5.74, 6) is -2.15. The Hall–Kier alpha value is -4.28. The lowest BCUT2D eigenvalue weighted by atomic mass is 9.55. The van der Waals surface area contributed by atoms with Crippen LogP contribution in [0.1, 0.15) is 77.2 Å². The van der Waals surface area contributed by atoms with Gasteiger partial charge in [0.2, 0.25) is 21.7 Å². The molecule has 0 unspecified atom stereocenters. The predicted molar refractivity (Wildman–Crippen MR) is 212 cm³/mol. The fourth-order valence-corrected chi connectivity index (χ4v) is 9.81. The summed E-state index contributed by atoms with van der Waals surface area (Å²) in [6, 6.07) is 10.2. The molecular formula is C41H56N4O10S. The quantitative estimate of drug-likeness (QED) is 0.0778. The van der Waals surface area contributed by atoms with Gasteiger partial charge in [0.15, 0.2) is 0 Å². The van der Waals surface area contributed by atoms with Gasteiger partial charge in [-0.05, 0) is 99.4 Å². The summed E-state index contributed by atoms with van der Waals surface area (Å²) in [6.45, 7) is 9.73. The fourth-order valence-electron chi connectivity index (χ4n) is 8.44. The van der Waals surface area contributed by atoms with Gasteiger partial charge in [-0.15, -0.1) is 6.58 Å². The largest absolute Gasteiger partial charge is 0.460 e. The zero-order valence-corrected chi connectivity index (χ0v) is 33.6. The van der Waals surface area contributed by atoms with Crippen molar-refractivity contribution in [2.45, 2.75) is 88.4 Å². The van der Waals surface area contributed by atoms with Crippen molar-refractivity contribution < 1.29 is 47.3 Å². The first-order chi connectivity index (χ1) is 26.9. The van der Waals surface area contributed by atoms with Crippen LogP contribution in [0, 0.1) is 17.8 Å². The third-order valence-corrected chi connectivity index (χ3v) is 12.7. The molecule has 6 atom stereocenters. The molecule has 5 rings (SSSR count). The van der Waals surface area contributed by atoms with E-state index in [4.69, 9.17) is 19.0 Å². The Labute approximate surface area is 330 Å². The van der Waals surface area contributed by atoms with Gasteiger partial charge < -0.3 is 39.9 Å². The van der Waals surface area contributed by atoms with Crippen LogP contribution < -0.4 is 20.1 Å². The lowest BCUT2D eigenvalue weighted by Crippen LogP contribution is -2.69. The number of aliphatic hydroxyl groups is 2. The highest BCUT2D eigenvalue weighted by molar-refractivity contribution is 7.89. The maximum Gasteiger partial charge on any atom is 0.412 e. The molecule has 2 amide bonds. The molecule has 56 heavy (non-hydrogen) atoms. The first-order valence-corrected chi connectivity index (χ1v) is 20.9. The average Bonchev–Trinajstić information content (AvgIpc) is 3.17. The van der Waals surface area contributed by atoms with Crippen molar-refractivity contribution in [3.05, 3.63) is 72.3 Å². The molecule has 2 aliphatic carbocycles. The van der Waals surface area contributed by atoms with Gasteiger partial charge in [-0.3, -0.25) is 4.79 Å². The number of amides is 2. The Morgan fingerprint density at radius 1 is 1.07 bits per heavy atom. The topological polar surface area (TPSA) is 185 Å². The highest BCUT2D eigenvalue weighted by Crippen LogP contribution is 2.62. The number of hydrogen-bond donors (Lipinski definition) is 4. The molecule has 4 N–H and O–H groups in total. The van der Waals surface area contributed by atoms with Crippen LogP contribution in [-0.2, 0) is 24.4 Å². The highest BCUT2D eigenvalue weighted by Gasteiger charge is 2.65. The van der Waals surface area contributed by atoms with E-state index in [1.807, 2.05) is 13.0 Å². The van der Waals surface area contributed by atoms with E-state index >= 15 is 0 Å². The number of nitrogens with one attached hydrogen (secondary N) is 2. The normalized spacial score (nSPS) is 24.7. The van der Waals surface area contributed by atoms with Gasteiger partial charge >= 0.3 is 6.09 Å². The molecule has 0 aromatic heterocycles. The Bertz CT molecular complexity index is 1870. The number of likely N-dealkylation sites (N-methyl/N-ethyl adjacent to an activating group) is 1. The van der Waals surface area contributed by atoms with Crippen LogP contribution in [0.15, 0.2) is 76.8 Å². The highest BCUT2D eigenvalue weighted by atomic mass is 32.2. The van der Waals surface area contributed by atoms with E-state index in [1.165, 1.54) is 42.5 Å². The SMILES string of the molecule is C=CCO[C@@]12Oc3ccc(OC(=O)NCC)cc3[C@H]3[C@H](CCCCO)[C@@H](CCCCO)C=C(C(=NOCC)C[C@@H]1N(C)S(=O)(=O)c1ccc(NC(C)=O)cc1)[C@H]32. The van der Waals surface area contributed by atoms with E-state index in [-0.39, 0.29) is 61.4 Å². The van der Waals surface area contributed by atoms with Gasteiger partial charge in [0.05, 0.1) is 29.2 Å². The summed E-state index contributed by atoms with van der Waals surface area (Å²) in [4.78, 5) is 30.0. The summed E-state index contributed by atoms with van der Waals surface area (Å²) in [6.07, 6.45) is 7.48. The zero-order chi connectivity index (χ0) is 40.5. The lowest BCUT2D eigenvalue weighted by molar-refractivity contribution is -0.250. The number of anilines is 1. The van der Waals surface area contributed by atoms with Gasteiger partial charge in [0.1, 0.15) is 18.1 Å². The molecule has 0 radical (unpaired) electrons. The van der Waals surface area contributed by atoms with Gasteiger partial charge in [-0.1, -0.05) is 30.1 Å². The molecule has 0 saturated heterocycles. The summed E-state index contributed by atoms with van der Waals surface area (Å²) in [7, 11) is -2.72. The summed E-state index contributed by atoms with van der Waals surface area (Å²) in [5.41, 5.74) is 2.62. The molecule has 1 heterocycles. The second-order valence-electron chi connectivity index (χ2n) is 14.3. The number of aliphatic hydroxyl groups excluding tert-OH is 2. The van der Waals surface area contributed by atoms with Crippen molar-refractivity contribution >= 4 is 33.4 Å². The molecule has 1 saturated carbocycles. The van der Waals surface area contributed by atoms with Crippen molar-refractivity contribution in [3.63, 3.8) is 0 Å². The van der Waals surface area contributed by atoms with E-state index in [2.05, 4.69) is 28.4 Å². The molecule has 3 aliphatic rings. The molecule has 2 aromatic carbocycles. The molecular weight excluding hydrogens is 741 g/mol. The number of nitrogens with zero attached hydrogens (tertiary/aromatic N) is 2. The van der Waals surface area contributed by atoms with Crippen LogP contribution in [0.25, 0.3) is 0 Å². The van der Waals surface area contributed by atoms with Crippen LogP contribution in [-0.4, -0.2) is 92.5 Å².